The van der Waals surface area contributed by atoms with Crippen LogP contribution in [0.3, 0.4) is 0 Å². The zero-order valence-corrected chi connectivity index (χ0v) is 37.3. The molecule has 1 aliphatic carbocycles. The number of ketones is 2. The molecule has 0 spiro atoms. The number of carbonyl (C=O) groups excluding carboxylic acids is 2. The van der Waals surface area contributed by atoms with Gasteiger partial charge in [0, 0.05) is 53.2 Å². The molecular weight excluding hydrogens is 749 g/mol. The average molecular weight is 819 g/mol. The van der Waals surface area contributed by atoms with Crippen molar-refractivity contribution < 1.29 is 9.59 Å². The highest BCUT2D eigenvalue weighted by Gasteiger charge is 2.34. The fourth-order valence-electron chi connectivity index (χ4n) is 8.27. The van der Waals surface area contributed by atoms with Crippen LogP contribution in [0, 0.1) is 0 Å². The standard InChI is InChI=1S/C52H70N2O2S2/c1-3-5-7-9-11-13-15-17-19-21-23-27-39-33-35-45(43(53)37-39)57-47-31-25-29-41-49(47)52(56)50-42(51(41)55)30-26-32-48(50)58-46-36-34-40(38-44(46)54)28-24-22-20-18-16-14-12-10-8-6-4-2/h25-26,29-38H,3-24,27-28,53-54H2,1-2H3. The van der Waals surface area contributed by atoms with Crippen LogP contribution in [0.5, 0.6) is 0 Å². The zero-order chi connectivity index (χ0) is 41.0. The van der Waals surface area contributed by atoms with Gasteiger partial charge in [0.25, 0.3) is 0 Å². The van der Waals surface area contributed by atoms with Gasteiger partial charge in [0.05, 0.1) is 0 Å². The predicted octanol–water partition coefficient (Wildman–Crippen LogP) is 15.6. The number of aryl methyl sites for hydroxylation is 2. The van der Waals surface area contributed by atoms with E-state index in [4.69, 9.17) is 11.5 Å². The molecule has 0 fully saturated rings. The minimum atomic E-state index is -0.130. The van der Waals surface area contributed by atoms with Gasteiger partial charge in [-0.1, -0.05) is 202 Å². The molecule has 4 nitrogen and oxygen atoms in total. The SMILES string of the molecule is CCCCCCCCCCCCCc1ccc(Sc2cccc3c2C(=O)c2c(Sc4ccc(CCCCCCCCCCCCC)cc4N)cccc2C3=O)c(N)c1. The van der Waals surface area contributed by atoms with Crippen molar-refractivity contribution in [2.24, 2.45) is 0 Å². The van der Waals surface area contributed by atoms with Gasteiger partial charge in [-0.25, -0.2) is 0 Å². The van der Waals surface area contributed by atoms with Crippen LogP contribution in [-0.2, 0) is 12.8 Å². The largest absolute Gasteiger partial charge is 0.398 e. The summed E-state index contributed by atoms with van der Waals surface area (Å²) < 4.78 is 0. The number of benzene rings is 4. The van der Waals surface area contributed by atoms with E-state index in [-0.39, 0.29) is 11.6 Å². The molecule has 0 atom stereocenters. The molecule has 0 radical (unpaired) electrons. The number of unbranched alkanes of at least 4 members (excludes halogenated alkanes) is 20. The lowest BCUT2D eigenvalue weighted by Crippen LogP contribution is -2.22. The highest BCUT2D eigenvalue weighted by molar-refractivity contribution is 8.00. The first kappa shape index (κ1) is 45.6. The summed E-state index contributed by atoms with van der Waals surface area (Å²) in [4.78, 5) is 31.7. The van der Waals surface area contributed by atoms with E-state index >= 15 is 0 Å². The summed E-state index contributed by atoms with van der Waals surface area (Å²) in [5.41, 5.74) is 19.0. The third-order valence-corrected chi connectivity index (χ3v) is 14.0. The molecule has 0 unspecified atom stereocenters. The maximum atomic E-state index is 14.5. The van der Waals surface area contributed by atoms with Gasteiger partial charge >= 0.3 is 0 Å². The normalized spacial score (nSPS) is 12.2. The number of anilines is 2. The molecule has 0 aromatic heterocycles. The fraction of sp³-hybridized carbons (Fsp3) is 0.500. The number of fused-ring (bicyclic) bond motifs is 2. The highest BCUT2D eigenvalue weighted by Crippen LogP contribution is 2.43. The van der Waals surface area contributed by atoms with Crippen molar-refractivity contribution >= 4 is 46.5 Å². The zero-order valence-electron chi connectivity index (χ0n) is 35.7. The van der Waals surface area contributed by atoms with Gasteiger partial charge in [0.15, 0.2) is 11.6 Å². The number of nitrogens with two attached hydrogens (primary N) is 2. The molecule has 4 aromatic carbocycles. The number of hydrogen-bond acceptors (Lipinski definition) is 6. The Balaban J connectivity index is 1.15. The molecule has 0 heterocycles. The van der Waals surface area contributed by atoms with Crippen LogP contribution >= 0.6 is 23.5 Å². The molecule has 0 saturated carbocycles. The van der Waals surface area contributed by atoms with Gasteiger partial charge in [-0.15, -0.1) is 0 Å². The van der Waals surface area contributed by atoms with Crippen LogP contribution in [0.2, 0.25) is 0 Å². The first-order valence-corrected chi connectivity index (χ1v) is 24.5. The minimum Gasteiger partial charge on any atom is -0.398 e. The molecule has 4 N–H and O–H groups in total. The van der Waals surface area contributed by atoms with Crippen molar-refractivity contribution in [3.8, 4) is 0 Å². The molecule has 0 bridgehead atoms. The third-order valence-electron chi connectivity index (χ3n) is 11.7. The lowest BCUT2D eigenvalue weighted by atomic mass is 9.84. The summed E-state index contributed by atoms with van der Waals surface area (Å²) in [5.74, 6) is -0.255. The van der Waals surface area contributed by atoms with Crippen LogP contribution in [0.25, 0.3) is 0 Å². The predicted molar refractivity (Wildman–Crippen MR) is 250 cm³/mol. The minimum absolute atomic E-state index is 0.125. The molecule has 0 saturated heterocycles. The summed E-state index contributed by atoms with van der Waals surface area (Å²) in [6, 6.07) is 23.8. The molecule has 1 aliphatic rings. The van der Waals surface area contributed by atoms with Crippen molar-refractivity contribution in [3.05, 3.63) is 106 Å². The maximum absolute atomic E-state index is 14.5. The first-order chi connectivity index (χ1) is 28.4. The molecule has 5 rings (SSSR count). The van der Waals surface area contributed by atoms with Crippen molar-refractivity contribution in [1.82, 2.24) is 0 Å². The van der Waals surface area contributed by atoms with Crippen LogP contribution in [0.15, 0.2) is 92.4 Å². The van der Waals surface area contributed by atoms with Gasteiger partial charge in [-0.3, -0.25) is 9.59 Å². The summed E-state index contributed by atoms with van der Waals surface area (Å²) in [6.07, 6.45) is 31.3. The van der Waals surface area contributed by atoms with Crippen molar-refractivity contribution in [1.29, 1.82) is 0 Å². The van der Waals surface area contributed by atoms with Gasteiger partial charge < -0.3 is 11.5 Å². The van der Waals surface area contributed by atoms with Crippen LogP contribution in [0.1, 0.15) is 198 Å². The Labute approximate surface area is 359 Å². The van der Waals surface area contributed by atoms with E-state index in [0.717, 1.165) is 32.4 Å². The van der Waals surface area contributed by atoms with Crippen molar-refractivity contribution in [2.45, 2.75) is 188 Å². The summed E-state index contributed by atoms with van der Waals surface area (Å²) >= 11 is 2.94. The maximum Gasteiger partial charge on any atom is 0.196 e. The molecule has 58 heavy (non-hydrogen) atoms. The van der Waals surface area contributed by atoms with E-state index in [1.165, 1.54) is 176 Å². The van der Waals surface area contributed by atoms with E-state index in [9.17, 15) is 9.59 Å². The summed E-state index contributed by atoms with van der Waals surface area (Å²) in [6.45, 7) is 4.55. The Morgan fingerprint density at radius 3 is 1.09 bits per heavy atom. The molecular formula is C52H70N2O2S2. The Kier molecular flexibility index (Phi) is 19.8. The molecule has 0 amide bonds. The third kappa shape index (κ3) is 13.8. The van der Waals surface area contributed by atoms with E-state index in [2.05, 4.69) is 50.2 Å². The van der Waals surface area contributed by atoms with Crippen molar-refractivity contribution in [2.75, 3.05) is 11.5 Å². The highest BCUT2D eigenvalue weighted by atomic mass is 32.2. The second-order valence-corrected chi connectivity index (χ2v) is 18.7. The summed E-state index contributed by atoms with van der Waals surface area (Å²) in [7, 11) is 0. The van der Waals surface area contributed by atoms with E-state index in [1.807, 2.05) is 24.3 Å². The molecule has 4 aromatic rings. The number of hydrogen-bond donors (Lipinski definition) is 2. The average Bonchev–Trinajstić information content (AvgIpc) is 3.22. The smallest absolute Gasteiger partial charge is 0.196 e. The van der Waals surface area contributed by atoms with Crippen LogP contribution in [-0.4, -0.2) is 11.6 Å². The van der Waals surface area contributed by atoms with Crippen molar-refractivity contribution in [3.63, 3.8) is 0 Å². The Morgan fingerprint density at radius 1 is 0.397 bits per heavy atom. The second kappa shape index (κ2) is 25.2. The number of carbonyl (C=O) groups is 2. The first-order valence-electron chi connectivity index (χ1n) is 22.9. The van der Waals surface area contributed by atoms with E-state index < -0.39 is 0 Å². The Morgan fingerprint density at radius 2 is 0.741 bits per heavy atom. The molecule has 312 valence electrons. The van der Waals surface area contributed by atoms with E-state index in [1.54, 1.807) is 12.1 Å². The lowest BCUT2D eigenvalue weighted by molar-refractivity contribution is 0.0974. The summed E-state index contributed by atoms with van der Waals surface area (Å²) in [5, 5.41) is 0. The van der Waals surface area contributed by atoms with Gasteiger partial charge in [-0.2, -0.15) is 0 Å². The quantitative estimate of drug-likeness (QED) is 0.0386. The van der Waals surface area contributed by atoms with E-state index in [0.29, 0.717) is 33.6 Å². The number of nitrogen functional groups attached to an aromatic ring is 2. The lowest BCUT2D eigenvalue weighted by Gasteiger charge is -2.22. The van der Waals surface area contributed by atoms with Gasteiger partial charge in [-0.05, 0) is 73.2 Å². The van der Waals surface area contributed by atoms with Crippen LogP contribution in [0.4, 0.5) is 11.4 Å². The molecule has 0 aliphatic heterocycles. The fourth-order valence-corrected chi connectivity index (χ4v) is 10.3. The second-order valence-electron chi connectivity index (χ2n) is 16.5. The van der Waals surface area contributed by atoms with Gasteiger partial charge in [0.2, 0.25) is 0 Å². The molecule has 6 heteroatoms. The Hall–Kier alpha value is -3.48. The monoisotopic (exact) mass is 818 g/mol. The topological polar surface area (TPSA) is 86.2 Å². The van der Waals surface area contributed by atoms with Gasteiger partial charge in [0.1, 0.15) is 0 Å². The Bertz CT molecular complexity index is 1770. The number of rotatable bonds is 28. The van der Waals surface area contributed by atoms with Crippen LogP contribution < -0.4 is 11.5 Å².